The first-order chi connectivity index (χ1) is 16.2. The number of rotatable bonds is 8. The summed E-state index contributed by atoms with van der Waals surface area (Å²) in [5, 5.41) is 5.98. The second kappa shape index (κ2) is 11.6. The van der Waals surface area contributed by atoms with Crippen LogP contribution in [0.1, 0.15) is 48.5 Å². The van der Waals surface area contributed by atoms with E-state index in [2.05, 4.69) is 22.3 Å². The van der Waals surface area contributed by atoms with Gasteiger partial charge in [-0.05, 0) is 73.9 Å². The Morgan fingerprint density at radius 3 is 2.38 bits per heavy atom. The van der Waals surface area contributed by atoms with Crippen LogP contribution >= 0.6 is 11.6 Å². The smallest absolute Gasteiger partial charge is 0.328 e. The molecule has 1 saturated carbocycles. The van der Waals surface area contributed by atoms with Gasteiger partial charge in [-0.1, -0.05) is 30.7 Å². The van der Waals surface area contributed by atoms with Crippen molar-refractivity contribution in [1.29, 1.82) is 0 Å². The van der Waals surface area contributed by atoms with Crippen LogP contribution < -0.4 is 20.1 Å². The maximum atomic E-state index is 12.5. The number of urea groups is 1. The van der Waals surface area contributed by atoms with Gasteiger partial charge in [0.2, 0.25) is 0 Å². The minimum absolute atomic E-state index is 0.00337. The number of sulfonamides is 1. The van der Waals surface area contributed by atoms with Gasteiger partial charge in [0.25, 0.3) is 15.9 Å². The lowest BCUT2D eigenvalue weighted by Crippen LogP contribution is -2.45. The van der Waals surface area contributed by atoms with E-state index in [4.69, 9.17) is 16.3 Å². The minimum Gasteiger partial charge on any atom is -0.496 e. The third-order valence-electron chi connectivity index (χ3n) is 5.92. The van der Waals surface area contributed by atoms with Gasteiger partial charge in [-0.2, -0.15) is 0 Å². The van der Waals surface area contributed by atoms with Gasteiger partial charge in [-0.15, -0.1) is 0 Å². The summed E-state index contributed by atoms with van der Waals surface area (Å²) in [5.74, 6) is 0.739. The highest BCUT2D eigenvalue weighted by molar-refractivity contribution is 7.90. The van der Waals surface area contributed by atoms with Gasteiger partial charge in [0.15, 0.2) is 0 Å². The van der Waals surface area contributed by atoms with Crippen molar-refractivity contribution in [3.63, 3.8) is 0 Å². The molecule has 10 heteroatoms. The van der Waals surface area contributed by atoms with Gasteiger partial charge >= 0.3 is 6.03 Å². The zero-order chi connectivity index (χ0) is 24.7. The van der Waals surface area contributed by atoms with Crippen LogP contribution in [0.4, 0.5) is 4.79 Å². The summed E-state index contributed by atoms with van der Waals surface area (Å²) in [7, 11) is -2.50. The lowest BCUT2D eigenvalue weighted by atomic mass is 9.87. The number of methoxy groups -OCH3 is 1. The molecule has 3 rings (SSSR count). The second-order valence-corrected chi connectivity index (χ2v) is 10.6. The Labute approximate surface area is 205 Å². The minimum atomic E-state index is -3.98. The normalized spacial score (nSPS) is 18.1. The van der Waals surface area contributed by atoms with Crippen LogP contribution in [0, 0.1) is 5.92 Å². The van der Waals surface area contributed by atoms with Gasteiger partial charge < -0.3 is 15.4 Å². The Balaban J connectivity index is 1.50. The Kier molecular flexibility index (Phi) is 8.79. The van der Waals surface area contributed by atoms with E-state index in [-0.39, 0.29) is 16.8 Å². The van der Waals surface area contributed by atoms with Crippen molar-refractivity contribution in [1.82, 2.24) is 15.4 Å². The van der Waals surface area contributed by atoms with E-state index >= 15 is 0 Å². The van der Waals surface area contributed by atoms with Gasteiger partial charge in [0, 0.05) is 17.6 Å². The largest absolute Gasteiger partial charge is 0.496 e. The molecule has 2 aromatic rings. The van der Waals surface area contributed by atoms with Gasteiger partial charge in [-0.3, -0.25) is 4.79 Å². The highest BCUT2D eigenvalue weighted by Gasteiger charge is 2.23. The number of carbonyl (C=O) groups is 2. The molecule has 0 aliphatic heterocycles. The van der Waals surface area contributed by atoms with E-state index in [0.717, 1.165) is 31.2 Å². The van der Waals surface area contributed by atoms with Crippen LogP contribution in [0.3, 0.4) is 0 Å². The zero-order valence-corrected chi connectivity index (χ0v) is 20.8. The van der Waals surface area contributed by atoms with Crippen LogP contribution in [0.25, 0.3) is 0 Å². The summed E-state index contributed by atoms with van der Waals surface area (Å²) >= 11 is 5.97. The maximum absolute atomic E-state index is 12.5. The molecule has 0 unspecified atom stereocenters. The van der Waals surface area contributed by atoms with Crippen molar-refractivity contribution < 1.29 is 22.7 Å². The lowest BCUT2D eigenvalue weighted by Gasteiger charge is -2.26. The maximum Gasteiger partial charge on any atom is 0.328 e. The molecule has 0 saturated heterocycles. The predicted molar refractivity (Wildman–Crippen MR) is 131 cm³/mol. The molecular formula is C24H30ClN3O5S. The molecule has 8 nitrogen and oxygen atoms in total. The molecule has 0 aromatic heterocycles. The average Bonchev–Trinajstić information content (AvgIpc) is 2.80. The van der Waals surface area contributed by atoms with E-state index in [0.29, 0.717) is 35.2 Å². The fourth-order valence-corrected chi connectivity index (χ4v) is 5.00. The van der Waals surface area contributed by atoms with Crippen LogP contribution in [0.15, 0.2) is 47.4 Å². The molecule has 0 radical (unpaired) electrons. The molecule has 1 aliphatic carbocycles. The summed E-state index contributed by atoms with van der Waals surface area (Å²) < 4.78 is 32.4. The molecule has 3 amide bonds. The predicted octanol–water partition coefficient (Wildman–Crippen LogP) is 3.89. The summed E-state index contributed by atoms with van der Waals surface area (Å²) in [6.07, 6.45) is 4.23. The van der Waals surface area contributed by atoms with E-state index in [9.17, 15) is 18.0 Å². The van der Waals surface area contributed by atoms with Crippen LogP contribution in [0.2, 0.25) is 5.02 Å². The molecule has 34 heavy (non-hydrogen) atoms. The van der Waals surface area contributed by atoms with Crippen molar-refractivity contribution in [2.45, 2.75) is 50.0 Å². The number of carbonyl (C=O) groups excluding carboxylic acids is 2. The van der Waals surface area contributed by atoms with E-state index in [1.807, 2.05) is 0 Å². The fraction of sp³-hybridized carbons (Fsp3) is 0.417. The second-order valence-electron chi connectivity index (χ2n) is 8.53. The first kappa shape index (κ1) is 25.8. The number of ether oxygens (including phenoxy) is 1. The van der Waals surface area contributed by atoms with Crippen molar-refractivity contribution in [3.05, 3.63) is 58.6 Å². The summed E-state index contributed by atoms with van der Waals surface area (Å²) in [4.78, 5) is 24.6. The highest BCUT2D eigenvalue weighted by Crippen LogP contribution is 2.24. The van der Waals surface area contributed by atoms with E-state index in [1.165, 1.54) is 25.3 Å². The Morgan fingerprint density at radius 1 is 1.06 bits per heavy atom. The first-order valence-corrected chi connectivity index (χ1v) is 13.1. The number of benzene rings is 2. The van der Waals surface area contributed by atoms with Crippen LogP contribution in [-0.2, 0) is 16.4 Å². The lowest BCUT2D eigenvalue weighted by molar-refractivity contribution is 0.0951. The molecule has 0 heterocycles. The van der Waals surface area contributed by atoms with E-state index < -0.39 is 16.1 Å². The number of halogens is 1. The summed E-state index contributed by atoms with van der Waals surface area (Å²) in [6, 6.07) is 10.3. The molecule has 0 spiro atoms. The number of nitrogens with one attached hydrogen (secondary N) is 3. The highest BCUT2D eigenvalue weighted by atomic mass is 35.5. The molecule has 1 fully saturated rings. The summed E-state index contributed by atoms with van der Waals surface area (Å²) in [6.45, 7) is 2.51. The van der Waals surface area contributed by atoms with Gasteiger partial charge in [-0.25, -0.2) is 17.9 Å². The SMILES string of the molecule is COc1ccc(Cl)cc1C(=O)NCCc1ccc(S(=O)(=O)NC(=O)N[C@H]2CC[C@H](C)CC2)cc1. The summed E-state index contributed by atoms with van der Waals surface area (Å²) in [5.41, 5.74) is 1.17. The average molecular weight is 508 g/mol. The van der Waals surface area contributed by atoms with Gasteiger partial charge in [0.1, 0.15) is 5.75 Å². The third kappa shape index (κ3) is 7.11. The molecule has 3 N–H and O–H groups in total. The standard InChI is InChI=1S/C24H30ClN3O5S/c1-16-3-8-19(9-4-16)27-24(30)28-34(31,32)20-10-5-17(6-11-20)13-14-26-23(29)21-15-18(25)7-12-22(21)33-2/h5-7,10-12,15-16,19H,3-4,8-9,13-14H2,1-2H3,(H,26,29)(H2,27,28,30)/t16-,19-. The fourth-order valence-electron chi connectivity index (χ4n) is 3.91. The zero-order valence-electron chi connectivity index (χ0n) is 19.3. The molecular weight excluding hydrogens is 478 g/mol. The van der Waals surface area contributed by atoms with Gasteiger partial charge in [0.05, 0.1) is 17.6 Å². The Bertz CT molecular complexity index is 1110. The molecule has 2 aromatic carbocycles. The number of amides is 3. The molecule has 0 atom stereocenters. The Morgan fingerprint density at radius 2 is 1.74 bits per heavy atom. The van der Waals surface area contributed by atoms with Crippen molar-refractivity contribution in [2.75, 3.05) is 13.7 Å². The van der Waals surface area contributed by atoms with E-state index in [1.54, 1.807) is 24.3 Å². The van der Waals surface area contributed by atoms with Crippen LogP contribution in [-0.4, -0.2) is 40.1 Å². The molecule has 0 bridgehead atoms. The Hall–Kier alpha value is -2.78. The monoisotopic (exact) mass is 507 g/mol. The molecule has 1 aliphatic rings. The van der Waals surface area contributed by atoms with Crippen molar-refractivity contribution >= 4 is 33.6 Å². The first-order valence-electron chi connectivity index (χ1n) is 11.2. The third-order valence-corrected chi connectivity index (χ3v) is 7.50. The van der Waals surface area contributed by atoms with Crippen molar-refractivity contribution in [3.8, 4) is 5.75 Å². The number of hydrogen-bond donors (Lipinski definition) is 3. The van der Waals surface area contributed by atoms with Crippen molar-refractivity contribution in [2.24, 2.45) is 5.92 Å². The number of hydrogen-bond acceptors (Lipinski definition) is 5. The molecule has 184 valence electrons. The quantitative estimate of drug-likeness (QED) is 0.501. The van der Waals surface area contributed by atoms with Crippen LogP contribution in [0.5, 0.6) is 5.75 Å². The topological polar surface area (TPSA) is 114 Å².